The maximum Gasteiger partial charge on any atom is 0.421 e. The highest BCUT2D eigenvalue weighted by Crippen LogP contribution is 2.19. The summed E-state index contributed by atoms with van der Waals surface area (Å²) in [5.74, 6) is 0.461. The zero-order chi connectivity index (χ0) is 14.3. The van der Waals surface area contributed by atoms with Gasteiger partial charge in [0.15, 0.2) is 0 Å². The molecule has 0 aliphatic carbocycles. The van der Waals surface area contributed by atoms with Crippen molar-refractivity contribution >= 4 is 22.0 Å². The molecule has 0 aliphatic rings. The number of carbonyl (C=O) groups is 1. The van der Waals surface area contributed by atoms with Crippen LogP contribution in [-0.4, -0.2) is 34.8 Å². The van der Waals surface area contributed by atoms with Crippen LogP contribution in [0.4, 0.5) is 10.5 Å². The molecule has 106 valence electrons. The highest BCUT2D eigenvalue weighted by molar-refractivity contribution is 7.88. The third-order valence-corrected chi connectivity index (χ3v) is 2.99. The van der Waals surface area contributed by atoms with E-state index in [4.69, 9.17) is 10.5 Å². The fourth-order valence-electron chi connectivity index (χ4n) is 1.14. The van der Waals surface area contributed by atoms with Gasteiger partial charge in [0.25, 0.3) is 0 Å². The number of amides is 1. The van der Waals surface area contributed by atoms with Crippen LogP contribution in [0, 0.1) is 0 Å². The molecule has 8 nitrogen and oxygen atoms in total. The van der Waals surface area contributed by atoms with Crippen molar-refractivity contribution < 1.29 is 22.7 Å². The van der Waals surface area contributed by atoms with E-state index in [2.05, 4.69) is 9.46 Å². The number of carbonyl (C=O) groups excluding carboxylic acids is 1. The van der Waals surface area contributed by atoms with Gasteiger partial charge >= 0.3 is 16.3 Å². The van der Waals surface area contributed by atoms with Crippen LogP contribution in [0.15, 0.2) is 24.3 Å². The Hall–Kier alpha value is -2.00. The van der Waals surface area contributed by atoms with Crippen LogP contribution in [0.5, 0.6) is 5.75 Å². The van der Waals surface area contributed by atoms with Crippen molar-refractivity contribution in [2.24, 2.45) is 0 Å². The fourth-order valence-corrected chi connectivity index (χ4v) is 1.86. The summed E-state index contributed by atoms with van der Waals surface area (Å²) in [4.78, 5) is 10.7. The van der Waals surface area contributed by atoms with Gasteiger partial charge < -0.3 is 15.2 Å². The predicted molar refractivity (Wildman–Crippen MR) is 68.8 cm³/mol. The summed E-state index contributed by atoms with van der Waals surface area (Å²) in [6, 6.07) is 6.83. The summed E-state index contributed by atoms with van der Waals surface area (Å²) in [5, 5.41) is 0. The second-order valence-corrected chi connectivity index (χ2v) is 4.88. The second kappa shape index (κ2) is 6.81. The Morgan fingerprint density at radius 2 is 2.05 bits per heavy atom. The second-order valence-electron chi connectivity index (χ2n) is 3.38. The van der Waals surface area contributed by atoms with Crippen LogP contribution in [-0.2, 0) is 14.9 Å². The molecule has 1 aromatic rings. The Morgan fingerprint density at radius 3 is 2.68 bits per heavy atom. The average molecular weight is 289 g/mol. The van der Waals surface area contributed by atoms with Gasteiger partial charge in [-0.1, -0.05) is 12.1 Å². The molecule has 9 heteroatoms. The number of anilines is 1. The van der Waals surface area contributed by atoms with Crippen LogP contribution >= 0.6 is 0 Å². The number of nitrogen functional groups attached to an aromatic ring is 1. The summed E-state index contributed by atoms with van der Waals surface area (Å²) in [5.41, 5.74) is 6.09. The van der Waals surface area contributed by atoms with Crippen molar-refractivity contribution in [1.82, 2.24) is 9.44 Å². The summed E-state index contributed by atoms with van der Waals surface area (Å²) in [6.07, 6.45) is -1.07. The Balaban J connectivity index is 2.35. The van der Waals surface area contributed by atoms with E-state index in [0.29, 0.717) is 11.4 Å². The van der Waals surface area contributed by atoms with E-state index >= 15 is 0 Å². The minimum atomic E-state index is -3.94. The lowest BCUT2D eigenvalue weighted by Crippen LogP contribution is -2.41. The quantitative estimate of drug-likeness (QED) is 0.494. The minimum absolute atomic E-state index is 0.0271. The maximum absolute atomic E-state index is 11.3. The molecule has 4 N–H and O–H groups in total. The summed E-state index contributed by atoms with van der Waals surface area (Å²) >= 11 is 0. The predicted octanol–water partition coefficient (Wildman–Crippen LogP) is -0.162. The summed E-state index contributed by atoms with van der Waals surface area (Å²) < 4.78 is 35.7. The van der Waals surface area contributed by atoms with Crippen molar-refractivity contribution in [3.05, 3.63) is 24.3 Å². The number of para-hydroxylation sites is 2. The molecule has 0 aromatic heterocycles. The van der Waals surface area contributed by atoms with Gasteiger partial charge in [-0.05, 0) is 12.1 Å². The molecule has 19 heavy (non-hydrogen) atoms. The van der Waals surface area contributed by atoms with E-state index in [9.17, 15) is 13.2 Å². The largest absolute Gasteiger partial charge is 0.490 e. The van der Waals surface area contributed by atoms with Gasteiger partial charge in [0.2, 0.25) is 0 Å². The lowest BCUT2D eigenvalue weighted by atomic mass is 10.3. The van der Waals surface area contributed by atoms with Crippen LogP contribution in [0.2, 0.25) is 0 Å². The molecule has 0 bridgehead atoms. The van der Waals surface area contributed by atoms with E-state index in [0.717, 1.165) is 7.11 Å². The summed E-state index contributed by atoms with van der Waals surface area (Å²) in [6.45, 7) is 0.0386. The van der Waals surface area contributed by atoms with Crippen molar-refractivity contribution in [3.8, 4) is 5.75 Å². The van der Waals surface area contributed by atoms with Gasteiger partial charge in [-0.3, -0.25) is 0 Å². The smallest absolute Gasteiger partial charge is 0.421 e. The van der Waals surface area contributed by atoms with Crippen molar-refractivity contribution in [3.63, 3.8) is 0 Å². The van der Waals surface area contributed by atoms with E-state index in [-0.39, 0.29) is 13.2 Å². The standard InChI is InChI=1S/C10H15N3O5S/c1-17-10(14)13-19(15,16)12-6-7-18-9-5-3-2-4-8(9)11/h2-5,12H,6-7,11H2,1H3,(H,13,14). The monoisotopic (exact) mass is 289 g/mol. The first-order valence-electron chi connectivity index (χ1n) is 5.27. The van der Waals surface area contributed by atoms with Crippen LogP contribution in [0.1, 0.15) is 0 Å². The molecule has 0 radical (unpaired) electrons. The van der Waals surface area contributed by atoms with Gasteiger partial charge in [0, 0.05) is 6.54 Å². The lowest BCUT2D eigenvalue weighted by Gasteiger charge is -2.10. The third kappa shape index (κ3) is 5.44. The molecule has 0 atom stereocenters. The Bertz CT molecular complexity index is 532. The zero-order valence-corrected chi connectivity index (χ0v) is 11.1. The molecule has 0 unspecified atom stereocenters. The number of methoxy groups -OCH3 is 1. The van der Waals surface area contributed by atoms with Crippen LogP contribution in [0.3, 0.4) is 0 Å². The van der Waals surface area contributed by atoms with Gasteiger partial charge in [-0.2, -0.15) is 13.1 Å². The van der Waals surface area contributed by atoms with E-state index in [1.54, 1.807) is 29.0 Å². The maximum atomic E-state index is 11.3. The van der Waals surface area contributed by atoms with E-state index in [1.165, 1.54) is 0 Å². The first kappa shape index (κ1) is 15.1. The Labute approximate surface area is 111 Å². The normalized spacial score (nSPS) is 10.8. The summed E-state index contributed by atoms with van der Waals surface area (Å²) in [7, 11) is -2.88. The number of benzene rings is 1. The van der Waals surface area contributed by atoms with Gasteiger partial charge in [0.1, 0.15) is 12.4 Å². The SMILES string of the molecule is COC(=O)NS(=O)(=O)NCCOc1ccccc1N. The molecule has 0 aliphatic heterocycles. The minimum Gasteiger partial charge on any atom is -0.490 e. The molecule has 0 saturated heterocycles. The Morgan fingerprint density at radius 1 is 1.37 bits per heavy atom. The number of hydrogen-bond acceptors (Lipinski definition) is 6. The number of hydrogen-bond donors (Lipinski definition) is 3. The molecular formula is C10H15N3O5S. The highest BCUT2D eigenvalue weighted by atomic mass is 32.2. The molecule has 0 saturated carbocycles. The average Bonchev–Trinajstić information content (AvgIpc) is 2.36. The first-order valence-corrected chi connectivity index (χ1v) is 6.75. The van der Waals surface area contributed by atoms with Crippen molar-refractivity contribution in [2.75, 3.05) is 26.0 Å². The third-order valence-electron chi connectivity index (χ3n) is 1.97. The number of ether oxygens (including phenoxy) is 2. The highest BCUT2D eigenvalue weighted by Gasteiger charge is 2.13. The van der Waals surface area contributed by atoms with Gasteiger partial charge in [-0.15, -0.1) is 0 Å². The number of nitrogens with two attached hydrogens (primary N) is 1. The lowest BCUT2D eigenvalue weighted by molar-refractivity contribution is 0.177. The molecule has 0 fully saturated rings. The topological polar surface area (TPSA) is 120 Å². The van der Waals surface area contributed by atoms with Crippen LogP contribution < -0.4 is 19.9 Å². The Kier molecular flexibility index (Phi) is 5.39. The van der Waals surface area contributed by atoms with Gasteiger partial charge in [-0.25, -0.2) is 9.52 Å². The number of nitrogens with one attached hydrogen (secondary N) is 2. The van der Waals surface area contributed by atoms with E-state index in [1.807, 2.05) is 0 Å². The molecule has 0 heterocycles. The molecule has 1 aromatic carbocycles. The number of rotatable bonds is 6. The van der Waals surface area contributed by atoms with E-state index < -0.39 is 16.3 Å². The van der Waals surface area contributed by atoms with Crippen molar-refractivity contribution in [1.29, 1.82) is 0 Å². The van der Waals surface area contributed by atoms with Crippen LogP contribution in [0.25, 0.3) is 0 Å². The molecular weight excluding hydrogens is 274 g/mol. The van der Waals surface area contributed by atoms with Gasteiger partial charge in [0.05, 0.1) is 12.8 Å². The fraction of sp³-hybridized carbons (Fsp3) is 0.300. The molecule has 1 rings (SSSR count). The first-order chi connectivity index (χ1) is 8.94. The van der Waals surface area contributed by atoms with Crippen molar-refractivity contribution in [2.45, 2.75) is 0 Å². The molecule has 0 spiro atoms. The zero-order valence-electron chi connectivity index (χ0n) is 10.3. The molecule has 1 amide bonds.